The van der Waals surface area contributed by atoms with Gasteiger partial charge in [0.25, 0.3) is 0 Å². The number of nitriles is 1. The van der Waals surface area contributed by atoms with Crippen LogP contribution in [-0.2, 0) is 19.6 Å². The molecule has 22 heavy (non-hydrogen) atoms. The van der Waals surface area contributed by atoms with Crippen LogP contribution >= 0.6 is 0 Å². The smallest absolute Gasteiger partial charge is 0.305 e. The highest BCUT2D eigenvalue weighted by molar-refractivity contribution is 7.89. The summed E-state index contributed by atoms with van der Waals surface area (Å²) in [4.78, 5) is 11.0. The van der Waals surface area contributed by atoms with E-state index in [9.17, 15) is 13.2 Å². The van der Waals surface area contributed by atoms with Crippen molar-refractivity contribution in [2.45, 2.75) is 30.2 Å². The van der Waals surface area contributed by atoms with Gasteiger partial charge in [-0.15, -0.1) is 0 Å². The summed E-state index contributed by atoms with van der Waals surface area (Å²) in [7, 11) is -3.90. The fourth-order valence-corrected chi connectivity index (χ4v) is 3.93. The number of carboxylic acid groups (broad SMARTS) is 1. The van der Waals surface area contributed by atoms with Crippen LogP contribution in [0.15, 0.2) is 23.1 Å². The van der Waals surface area contributed by atoms with Gasteiger partial charge in [0.15, 0.2) is 0 Å². The van der Waals surface area contributed by atoms with E-state index in [2.05, 4.69) is 4.72 Å². The molecule has 0 amide bonds. The van der Waals surface area contributed by atoms with Gasteiger partial charge in [-0.3, -0.25) is 4.79 Å². The zero-order valence-electron chi connectivity index (χ0n) is 12.0. The molecule has 1 atom stereocenters. The van der Waals surface area contributed by atoms with E-state index in [1.165, 1.54) is 18.2 Å². The van der Waals surface area contributed by atoms with Gasteiger partial charge >= 0.3 is 5.97 Å². The molecule has 2 N–H and O–H groups in total. The second-order valence-electron chi connectivity index (χ2n) is 5.35. The second-order valence-corrected chi connectivity index (χ2v) is 7.03. The van der Waals surface area contributed by atoms with Crippen molar-refractivity contribution < 1.29 is 23.1 Å². The Morgan fingerprint density at radius 2 is 2.27 bits per heavy atom. The first-order valence-electron chi connectivity index (χ1n) is 6.62. The Hall–Kier alpha value is -1.95. The largest absolute Gasteiger partial charge is 0.481 e. The summed E-state index contributed by atoms with van der Waals surface area (Å²) in [5.41, 5.74) is -0.198. The predicted molar refractivity (Wildman–Crippen MR) is 76.6 cm³/mol. The molecule has 8 heteroatoms. The lowest BCUT2D eigenvalue weighted by Crippen LogP contribution is -2.50. The molecule has 0 radical (unpaired) electrons. The standard InChI is InChI=1S/C14H16N2O5S/c1-10-6-12(3-2-11(10)8-15)22(19,20)16-14(7-13(17)18)4-5-21-9-14/h2-3,6,16H,4-5,7,9H2,1H3,(H,17,18). The van der Waals surface area contributed by atoms with E-state index in [0.29, 0.717) is 24.2 Å². The quantitative estimate of drug-likeness (QED) is 0.826. The zero-order valence-corrected chi connectivity index (χ0v) is 12.8. The van der Waals surface area contributed by atoms with Crippen LogP contribution in [0.1, 0.15) is 24.0 Å². The summed E-state index contributed by atoms with van der Waals surface area (Å²) in [5.74, 6) is -1.09. The van der Waals surface area contributed by atoms with E-state index in [1.54, 1.807) is 6.92 Å². The molecule has 1 fully saturated rings. The summed E-state index contributed by atoms with van der Waals surface area (Å²) in [5, 5.41) is 17.9. The maximum Gasteiger partial charge on any atom is 0.305 e. The molecule has 1 aliphatic rings. The first-order chi connectivity index (χ1) is 10.3. The van der Waals surface area contributed by atoms with Crippen LogP contribution in [-0.4, -0.2) is 38.2 Å². The van der Waals surface area contributed by atoms with Gasteiger partial charge in [0.2, 0.25) is 10.0 Å². The van der Waals surface area contributed by atoms with E-state index in [1.807, 2.05) is 6.07 Å². The van der Waals surface area contributed by atoms with Crippen molar-refractivity contribution in [1.29, 1.82) is 5.26 Å². The van der Waals surface area contributed by atoms with Crippen LogP contribution < -0.4 is 4.72 Å². The van der Waals surface area contributed by atoms with Crippen molar-refractivity contribution in [2.75, 3.05) is 13.2 Å². The summed E-state index contributed by atoms with van der Waals surface area (Å²) < 4.78 is 32.6. The van der Waals surface area contributed by atoms with Gasteiger partial charge in [-0.25, -0.2) is 13.1 Å². The molecule has 0 aliphatic carbocycles. The Labute approximate surface area is 128 Å². The lowest BCUT2D eigenvalue weighted by Gasteiger charge is -2.26. The molecule has 2 rings (SSSR count). The Morgan fingerprint density at radius 3 is 2.77 bits per heavy atom. The number of benzene rings is 1. The highest BCUT2D eigenvalue weighted by Gasteiger charge is 2.41. The number of sulfonamides is 1. The monoisotopic (exact) mass is 324 g/mol. The third-order valence-electron chi connectivity index (χ3n) is 3.57. The van der Waals surface area contributed by atoms with Crippen LogP contribution in [0.25, 0.3) is 0 Å². The van der Waals surface area contributed by atoms with Crippen LogP contribution in [0.4, 0.5) is 0 Å². The number of hydrogen-bond donors (Lipinski definition) is 2. The fraction of sp³-hybridized carbons (Fsp3) is 0.429. The minimum Gasteiger partial charge on any atom is -0.481 e. The molecule has 0 spiro atoms. The number of carbonyl (C=O) groups is 1. The predicted octanol–water partition coefficient (Wildman–Crippen LogP) is 0.779. The minimum atomic E-state index is -3.90. The summed E-state index contributed by atoms with van der Waals surface area (Å²) in [6.45, 7) is 1.97. The van der Waals surface area contributed by atoms with Crippen LogP contribution in [0.2, 0.25) is 0 Å². The van der Waals surface area contributed by atoms with Crippen molar-refractivity contribution in [3.05, 3.63) is 29.3 Å². The molecule has 1 heterocycles. The number of hydrogen-bond acceptors (Lipinski definition) is 5. The highest BCUT2D eigenvalue weighted by Crippen LogP contribution is 2.26. The molecule has 1 unspecified atom stereocenters. The molecule has 1 saturated heterocycles. The molecule has 0 bridgehead atoms. The Bertz CT molecular complexity index is 730. The maximum atomic E-state index is 12.5. The van der Waals surface area contributed by atoms with E-state index >= 15 is 0 Å². The zero-order chi connectivity index (χ0) is 16.4. The minimum absolute atomic E-state index is 0.000615. The topological polar surface area (TPSA) is 116 Å². The first kappa shape index (κ1) is 16.4. The van der Waals surface area contributed by atoms with Gasteiger partial charge in [-0.1, -0.05) is 0 Å². The first-order valence-corrected chi connectivity index (χ1v) is 8.11. The number of rotatable bonds is 5. The normalized spacial score (nSPS) is 21.5. The molecule has 1 aliphatic heterocycles. The van der Waals surface area contributed by atoms with Crippen molar-refractivity contribution in [3.63, 3.8) is 0 Å². The molecule has 1 aromatic rings. The third kappa shape index (κ3) is 3.44. The number of ether oxygens (including phenoxy) is 1. The van der Waals surface area contributed by atoms with E-state index in [-0.39, 0.29) is 17.9 Å². The van der Waals surface area contributed by atoms with Gasteiger partial charge in [0.05, 0.1) is 35.1 Å². The van der Waals surface area contributed by atoms with E-state index < -0.39 is 21.5 Å². The van der Waals surface area contributed by atoms with Crippen LogP contribution in [0.5, 0.6) is 0 Å². The van der Waals surface area contributed by atoms with Crippen molar-refractivity contribution in [3.8, 4) is 6.07 Å². The van der Waals surface area contributed by atoms with Gasteiger partial charge in [-0.05, 0) is 37.1 Å². The molecule has 118 valence electrons. The average Bonchev–Trinajstić information content (AvgIpc) is 2.84. The summed E-state index contributed by atoms with van der Waals surface area (Å²) in [6, 6.07) is 6.12. The number of carboxylic acids is 1. The van der Waals surface area contributed by atoms with Crippen LogP contribution in [0, 0.1) is 18.3 Å². The Kier molecular flexibility index (Phi) is 4.51. The van der Waals surface area contributed by atoms with Crippen molar-refractivity contribution >= 4 is 16.0 Å². The van der Waals surface area contributed by atoms with E-state index in [4.69, 9.17) is 15.1 Å². The van der Waals surface area contributed by atoms with Gasteiger partial charge in [-0.2, -0.15) is 5.26 Å². The van der Waals surface area contributed by atoms with Crippen molar-refractivity contribution in [1.82, 2.24) is 4.72 Å². The lowest BCUT2D eigenvalue weighted by molar-refractivity contribution is -0.138. The molecule has 7 nitrogen and oxygen atoms in total. The van der Waals surface area contributed by atoms with Crippen LogP contribution in [0.3, 0.4) is 0 Å². The van der Waals surface area contributed by atoms with Crippen molar-refractivity contribution in [2.24, 2.45) is 0 Å². The highest BCUT2D eigenvalue weighted by atomic mass is 32.2. The average molecular weight is 324 g/mol. The Morgan fingerprint density at radius 1 is 1.55 bits per heavy atom. The SMILES string of the molecule is Cc1cc(S(=O)(=O)NC2(CC(=O)O)CCOC2)ccc1C#N. The Balaban J connectivity index is 2.32. The maximum absolute atomic E-state index is 12.5. The number of aliphatic carboxylic acids is 1. The second kappa shape index (κ2) is 6.04. The molecule has 0 saturated carbocycles. The summed E-state index contributed by atoms with van der Waals surface area (Å²) >= 11 is 0. The lowest BCUT2D eigenvalue weighted by atomic mass is 9.96. The molecular formula is C14H16N2O5S. The number of aryl methyl sites for hydroxylation is 1. The molecule has 0 aromatic heterocycles. The van der Waals surface area contributed by atoms with Gasteiger partial charge < -0.3 is 9.84 Å². The number of nitrogens with one attached hydrogen (secondary N) is 1. The fourth-order valence-electron chi connectivity index (χ4n) is 2.43. The molecular weight excluding hydrogens is 308 g/mol. The number of nitrogens with zero attached hydrogens (tertiary/aromatic N) is 1. The van der Waals surface area contributed by atoms with Gasteiger partial charge in [0.1, 0.15) is 0 Å². The van der Waals surface area contributed by atoms with Gasteiger partial charge in [0, 0.05) is 6.61 Å². The third-order valence-corrected chi connectivity index (χ3v) is 5.15. The summed E-state index contributed by atoms with van der Waals surface area (Å²) in [6.07, 6.45) is -0.0463. The van der Waals surface area contributed by atoms with E-state index in [0.717, 1.165) is 0 Å². The molecule has 1 aromatic carbocycles.